The van der Waals surface area contributed by atoms with E-state index < -0.39 is 40.5 Å². The molecule has 0 unspecified atom stereocenters. The first kappa shape index (κ1) is 22.0. The standard InChI is InChI=1S/C24H24F2N2O4/c1-32-15-8-6-14(7-9-15)12-28-13-16(24(31)27-19-4-2-3-5-20(19)29)23(30)21-17(25)10-11-18(26)22(21)28/h6-11,13,19-20,29H,2-5,12H2,1H3,(H,27,31)/t19-,20-/m0/s1. The van der Waals surface area contributed by atoms with Gasteiger partial charge in [0.2, 0.25) is 5.43 Å². The molecule has 0 aliphatic heterocycles. The van der Waals surface area contributed by atoms with Crippen molar-refractivity contribution in [3.05, 3.63) is 75.6 Å². The molecule has 4 rings (SSSR count). The van der Waals surface area contributed by atoms with Crippen LogP contribution in [0.5, 0.6) is 5.75 Å². The van der Waals surface area contributed by atoms with Crippen molar-refractivity contribution in [3.63, 3.8) is 0 Å². The van der Waals surface area contributed by atoms with E-state index in [1.54, 1.807) is 24.3 Å². The van der Waals surface area contributed by atoms with Gasteiger partial charge in [-0.1, -0.05) is 25.0 Å². The topological polar surface area (TPSA) is 80.6 Å². The molecule has 2 aromatic carbocycles. The van der Waals surface area contributed by atoms with Gasteiger partial charge in [-0.15, -0.1) is 0 Å². The molecule has 1 saturated carbocycles. The highest BCUT2D eigenvalue weighted by molar-refractivity contribution is 5.97. The number of halogens is 2. The fraction of sp³-hybridized carbons (Fsp3) is 0.333. The maximum absolute atomic E-state index is 14.7. The number of hydrogen-bond donors (Lipinski definition) is 2. The largest absolute Gasteiger partial charge is 0.497 e. The minimum absolute atomic E-state index is 0.105. The molecule has 1 heterocycles. The van der Waals surface area contributed by atoms with E-state index in [4.69, 9.17) is 4.74 Å². The van der Waals surface area contributed by atoms with Gasteiger partial charge in [-0.2, -0.15) is 0 Å². The average Bonchev–Trinajstić information content (AvgIpc) is 2.79. The van der Waals surface area contributed by atoms with Crippen molar-refractivity contribution >= 4 is 16.8 Å². The Morgan fingerprint density at radius 1 is 1.12 bits per heavy atom. The molecule has 32 heavy (non-hydrogen) atoms. The normalized spacial score (nSPS) is 18.5. The number of nitrogens with one attached hydrogen (secondary N) is 1. The predicted molar refractivity (Wildman–Crippen MR) is 116 cm³/mol. The van der Waals surface area contributed by atoms with Crippen molar-refractivity contribution in [3.8, 4) is 5.75 Å². The molecule has 1 fully saturated rings. The number of ether oxygens (including phenoxy) is 1. The number of aliphatic hydroxyl groups is 1. The van der Waals surface area contributed by atoms with Gasteiger partial charge < -0.3 is 19.7 Å². The van der Waals surface area contributed by atoms with Crippen molar-refractivity contribution < 1.29 is 23.4 Å². The maximum Gasteiger partial charge on any atom is 0.257 e. The van der Waals surface area contributed by atoms with Crippen molar-refractivity contribution in [1.82, 2.24) is 9.88 Å². The van der Waals surface area contributed by atoms with Crippen LogP contribution in [-0.2, 0) is 6.54 Å². The Labute approximate surface area is 183 Å². The number of benzene rings is 2. The van der Waals surface area contributed by atoms with Crippen LogP contribution < -0.4 is 15.5 Å². The lowest BCUT2D eigenvalue weighted by molar-refractivity contribution is 0.0716. The molecule has 1 aromatic heterocycles. The van der Waals surface area contributed by atoms with Gasteiger partial charge in [0.25, 0.3) is 5.91 Å². The Morgan fingerprint density at radius 3 is 2.50 bits per heavy atom. The molecule has 0 bridgehead atoms. The van der Waals surface area contributed by atoms with E-state index in [0.717, 1.165) is 30.5 Å². The summed E-state index contributed by atoms with van der Waals surface area (Å²) in [6.45, 7) is 0.105. The lowest BCUT2D eigenvalue weighted by atomic mass is 9.92. The van der Waals surface area contributed by atoms with Gasteiger partial charge in [0, 0.05) is 12.7 Å². The van der Waals surface area contributed by atoms with Crippen LogP contribution in [0.1, 0.15) is 41.6 Å². The van der Waals surface area contributed by atoms with Gasteiger partial charge in [0.1, 0.15) is 22.9 Å². The van der Waals surface area contributed by atoms with Crippen LogP contribution in [0.15, 0.2) is 47.4 Å². The number of methoxy groups -OCH3 is 1. The molecular weight excluding hydrogens is 418 g/mol. The number of amides is 1. The summed E-state index contributed by atoms with van der Waals surface area (Å²) in [7, 11) is 1.54. The van der Waals surface area contributed by atoms with Crippen LogP contribution in [0.4, 0.5) is 8.78 Å². The first-order valence-corrected chi connectivity index (χ1v) is 10.5. The number of aromatic nitrogens is 1. The summed E-state index contributed by atoms with van der Waals surface area (Å²) in [5, 5.41) is 12.4. The van der Waals surface area contributed by atoms with E-state index in [2.05, 4.69) is 5.32 Å². The molecule has 3 aromatic rings. The molecule has 0 radical (unpaired) electrons. The molecule has 1 amide bonds. The Kier molecular flexibility index (Phi) is 6.23. The van der Waals surface area contributed by atoms with E-state index in [-0.39, 0.29) is 17.6 Å². The monoisotopic (exact) mass is 442 g/mol. The molecular formula is C24H24F2N2O4. The molecule has 1 aliphatic carbocycles. The molecule has 2 atom stereocenters. The summed E-state index contributed by atoms with van der Waals surface area (Å²) >= 11 is 0. The van der Waals surface area contributed by atoms with Crippen LogP contribution in [-0.4, -0.2) is 34.8 Å². The van der Waals surface area contributed by atoms with Gasteiger partial charge in [-0.05, 0) is 42.7 Å². The zero-order chi connectivity index (χ0) is 22.8. The number of aliphatic hydroxyl groups excluding tert-OH is 1. The van der Waals surface area contributed by atoms with E-state index in [1.807, 2.05) is 0 Å². The van der Waals surface area contributed by atoms with Gasteiger partial charge in [-0.25, -0.2) is 8.78 Å². The van der Waals surface area contributed by atoms with Gasteiger partial charge in [0.15, 0.2) is 0 Å². The minimum atomic E-state index is -0.901. The van der Waals surface area contributed by atoms with Crippen molar-refractivity contribution in [2.75, 3.05) is 7.11 Å². The van der Waals surface area contributed by atoms with Crippen molar-refractivity contribution in [2.45, 2.75) is 44.4 Å². The van der Waals surface area contributed by atoms with Crippen LogP contribution in [0.2, 0.25) is 0 Å². The highest BCUT2D eigenvalue weighted by Crippen LogP contribution is 2.22. The number of hydrogen-bond acceptors (Lipinski definition) is 4. The fourth-order valence-corrected chi connectivity index (χ4v) is 4.19. The first-order chi connectivity index (χ1) is 15.4. The third-order valence-electron chi connectivity index (χ3n) is 5.92. The Bertz CT molecular complexity index is 1210. The Hall–Kier alpha value is -3.26. The number of nitrogens with zero attached hydrogens (tertiary/aromatic N) is 1. The van der Waals surface area contributed by atoms with E-state index >= 15 is 0 Å². The second kappa shape index (κ2) is 9.08. The third kappa shape index (κ3) is 4.23. The summed E-state index contributed by atoms with van der Waals surface area (Å²) < 4.78 is 35.9. The van der Waals surface area contributed by atoms with Crippen molar-refractivity contribution in [2.24, 2.45) is 0 Å². The van der Waals surface area contributed by atoms with Gasteiger partial charge >= 0.3 is 0 Å². The summed E-state index contributed by atoms with van der Waals surface area (Å²) in [6.07, 6.45) is 3.41. The second-order valence-corrected chi connectivity index (χ2v) is 8.03. The number of rotatable bonds is 5. The molecule has 6 nitrogen and oxygen atoms in total. The van der Waals surface area contributed by atoms with Crippen LogP contribution in [0.25, 0.3) is 10.9 Å². The van der Waals surface area contributed by atoms with Crippen LogP contribution in [0, 0.1) is 11.6 Å². The molecule has 8 heteroatoms. The number of pyridine rings is 1. The Balaban J connectivity index is 1.79. The minimum Gasteiger partial charge on any atom is -0.497 e. The highest BCUT2D eigenvalue weighted by Gasteiger charge is 2.27. The molecule has 0 spiro atoms. The second-order valence-electron chi connectivity index (χ2n) is 8.03. The van der Waals surface area contributed by atoms with Crippen LogP contribution in [0.3, 0.4) is 0 Å². The zero-order valence-electron chi connectivity index (χ0n) is 17.6. The average molecular weight is 442 g/mol. The summed E-state index contributed by atoms with van der Waals surface area (Å²) in [5.41, 5.74) is -0.646. The molecule has 2 N–H and O–H groups in total. The Morgan fingerprint density at radius 2 is 1.81 bits per heavy atom. The summed E-state index contributed by atoms with van der Waals surface area (Å²) in [6, 6.07) is 8.34. The SMILES string of the molecule is COc1ccc(Cn2cc(C(=O)N[C@H]3CCCC[C@@H]3O)c(=O)c3c(F)ccc(F)c32)cc1. The lowest BCUT2D eigenvalue weighted by Gasteiger charge is -2.28. The fourth-order valence-electron chi connectivity index (χ4n) is 4.19. The molecule has 168 valence electrons. The number of fused-ring (bicyclic) bond motifs is 1. The maximum atomic E-state index is 14.7. The predicted octanol–water partition coefficient (Wildman–Crippen LogP) is 3.37. The zero-order valence-corrected chi connectivity index (χ0v) is 17.6. The number of carbonyl (C=O) groups excluding carboxylic acids is 1. The molecule has 0 saturated heterocycles. The van der Waals surface area contributed by atoms with Gasteiger partial charge in [0.05, 0.1) is 30.2 Å². The number of carbonyl (C=O) groups is 1. The quantitative estimate of drug-likeness (QED) is 0.635. The lowest BCUT2D eigenvalue weighted by Crippen LogP contribution is -2.46. The van der Waals surface area contributed by atoms with E-state index in [1.165, 1.54) is 17.9 Å². The van der Waals surface area contributed by atoms with Crippen LogP contribution >= 0.6 is 0 Å². The highest BCUT2D eigenvalue weighted by atomic mass is 19.1. The summed E-state index contributed by atoms with van der Waals surface area (Å²) in [5.74, 6) is -1.74. The summed E-state index contributed by atoms with van der Waals surface area (Å²) in [4.78, 5) is 25.9. The van der Waals surface area contributed by atoms with E-state index in [0.29, 0.717) is 18.6 Å². The smallest absolute Gasteiger partial charge is 0.257 e. The van der Waals surface area contributed by atoms with Gasteiger partial charge in [-0.3, -0.25) is 9.59 Å². The van der Waals surface area contributed by atoms with E-state index in [9.17, 15) is 23.5 Å². The first-order valence-electron chi connectivity index (χ1n) is 10.5. The third-order valence-corrected chi connectivity index (χ3v) is 5.92. The molecule has 1 aliphatic rings. The van der Waals surface area contributed by atoms with Crippen molar-refractivity contribution in [1.29, 1.82) is 0 Å².